The summed E-state index contributed by atoms with van der Waals surface area (Å²) in [7, 11) is 0. The summed E-state index contributed by atoms with van der Waals surface area (Å²) in [5.74, 6) is 0.772. The van der Waals surface area contributed by atoms with E-state index in [4.69, 9.17) is 4.74 Å². The van der Waals surface area contributed by atoms with Crippen molar-refractivity contribution in [3.05, 3.63) is 22.4 Å². The average molecular weight is 538 g/mol. The van der Waals surface area contributed by atoms with Crippen LogP contribution < -0.4 is 16.0 Å². The van der Waals surface area contributed by atoms with Gasteiger partial charge in [-0.3, -0.25) is 14.7 Å². The van der Waals surface area contributed by atoms with E-state index in [2.05, 4.69) is 43.4 Å². The molecule has 1 aliphatic rings. The molecule has 0 saturated carbocycles. The van der Waals surface area contributed by atoms with Crippen LogP contribution in [0.1, 0.15) is 38.6 Å². The second kappa shape index (κ2) is 13.4. The molecule has 1 aliphatic heterocycles. The topological polar surface area (TPSA) is 78.0 Å². The van der Waals surface area contributed by atoms with E-state index >= 15 is 0 Å². The molecule has 1 unspecified atom stereocenters. The van der Waals surface area contributed by atoms with E-state index in [1.54, 1.807) is 11.3 Å². The van der Waals surface area contributed by atoms with E-state index in [1.165, 1.54) is 4.88 Å². The van der Waals surface area contributed by atoms with Crippen LogP contribution in [0.4, 0.5) is 0 Å². The van der Waals surface area contributed by atoms with E-state index < -0.39 is 5.41 Å². The van der Waals surface area contributed by atoms with Crippen molar-refractivity contribution < 1.29 is 9.53 Å². The van der Waals surface area contributed by atoms with Crippen molar-refractivity contribution in [1.29, 1.82) is 0 Å². The Morgan fingerprint density at radius 1 is 1.24 bits per heavy atom. The zero-order chi connectivity index (χ0) is 20.4. The van der Waals surface area contributed by atoms with E-state index in [0.717, 1.165) is 45.4 Å². The number of thiophene rings is 1. The molecule has 0 aromatic carbocycles. The average Bonchev–Trinajstić information content (AvgIpc) is 3.21. The molecule has 1 aromatic heterocycles. The summed E-state index contributed by atoms with van der Waals surface area (Å²) in [5, 5.41) is 11.8. The van der Waals surface area contributed by atoms with Crippen molar-refractivity contribution in [3.8, 4) is 0 Å². The Labute approximate surface area is 196 Å². The van der Waals surface area contributed by atoms with Crippen LogP contribution >= 0.6 is 35.3 Å². The number of rotatable bonds is 9. The van der Waals surface area contributed by atoms with Gasteiger partial charge in [0.1, 0.15) is 0 Å². The number of hydrogen-bond acceptors (Lipinski definition) is 5. The fraction of sp³-hybridized carbons (Fsp3) is 0.700. The largest absolute Gasteiger partial charge is 0.379 e. The van der Waals surface area contributed by atoms with Gasteiger partial charge in [0.2, 0.25) is 5.91 Å². The van der Waals surface area contributed by atoms with Gasteiger partial charge in [0.15, 0.2) is 5.96 Å². The zero-order valence-electron chi connectivity index (χ0n) is 18.0. The molecule has 0 aliphatic carbocycles. The molecule has 0 bridgehead atoms. The molecule has 1 saturated heterocycles. The normalized spacial score (nSPS) is 16.6. The SMILES string of the molecule is CCNC(=O)C(C)(C)CN=C(NCC)NCC(c1cccs1)N1CCOCC1.I. The van der Waals surface area contributed by atoms with Crippen molar-refractivity contribution in [2.24, 2.45) is 10.4 Å². The molecule has 9 heteroatoms. The van der Waals surface area contributed by atoms with Crippen LogP contribution in [0.3, 0.4) is 0 Å². The van der Waals surface area contributed by atoms with Gasteiger partial charge in [-0.2, -0.15) is 0 Å². The summed E-state index contributed by atoms with van der Waals surface area (Å²) in [6.45, 7) is 13.8. The number of hydrogen-bond donors (Lipinski definition) is 3. The minimum Gasteiger partial charge on any atom is -0.379 e. The highest BCUT2D eigenvalue weighted by atomic mass is 127. The van der Waals surface area contributed by atoms with E-state index in [1.807, 2.05) is 27.7 Å². The molecule has 1 aromatic rings. The smallest absolute Gasteiger partial charge is 0.227 e. The Morgan fingerprint density at radius 3 is 2.52 bits per heavy atom. The van der Waals surface area contributed by atoms with Gasteiger partial charge in [-0.25, -0.2) is 0 Å². The van der Waals surface area contributed by atoms with Gasteiger partial charge in [0.05, 0.1) is 31.2 Å². The zero-order valence-corrected chi connectivity index (χ0v) is 21.1. The molecule has 1 amide bonds. The number of morpholine rings is 1. The van der Waals surface area contributed by atoms with E-state index in [0.29, 0.717) is 13.1 Å². The molecule has 7 nitrogen and oxygen atoms in total. The Morgan fingerprint density at radius 2 is 1.93 bits per heavy atom. The first-order valence-electron chi connectivity index (χ1n) is 10.1. The summed E-state index contributed by atoms with van der Waals surface area (Å²) in [6.07, 6.45) is 0. The molecule has 2 heterocycles. The first-order chi connectivity index (χ1) is 13.5. The number of nitrogens with zero attached hydrogens (tertiary/aromatic N) is 2. The maximum absolute atomic E-state index is 12.2. The Bertz CT molecular complexity index is 618. The quantitative estimate of drug-likeness (QED) is 0.256. The monoisotopic (exact) mass is 537 g/mol. The highest BCUT2D eigenvalue weighted by molar-refractivity contribution is 14.0. The molecule has 1 fully saturated rings. The predicted molar refractivity (Wildman–Crippen MR) is 131 cm³/mol. The summed E-state index contributed by atoms with van der Waals surface area (Å²) in [5.41, 5.74) is -0.546. The number of ether oxygens (including phenoxy) is 1. The fourth-order valence-electron chi connectivity index (χ4n) is 3.06. The fourth-order valence-corrected chi connectivity index (χ4v) is 3.92. The van der Waals surface area contributed by atoms with E-state index in [9.17, 15) is 4.79 Å². The van der Waals surface area contributed by atoms with Gasteiger partial charge in [-0.15, -0.1) is 35.3 Å². The summed E-state index contributed by atoms with van der Waals surface area (Å²) in [4.78, 5) is 20.7. The van der Waals surface area contributed by atoms with Crippen molar-refractivity contribution in [1.82, 2.24) is 20.9 Å². The number of carbonyl (C=O) groups excluding carboxylic acids is 1. The van der Waals surface area contributed by atoms with Crippen LogP contribution in [0.15, 0.2) is 22.5 Å². The van der Waals surface area contributed by atoms with Crippen LogP contribution in [-0.2, 0) is 9.53 Å². The third kappa shape index (κ3) is 8.39. The van der Waals surface area contributed by atoms with Crippen LogP contribution in [0.25, 0.3) is 0 Å². The van der Waals surface area contributed by atoms with Gasteiger partial charge in [0, 0.05) is 37.6 Å². The van der Waals surface area contributed by atoms with Crippen LogP contribution in [-0.4, -0.2) is 69.2 Å². The summed E-state index contributed by atoms with van der Waals surface area (Å²) in [6, 6.07) is 4.57. The Hall–Kier alpha value is -0.910. The number of guanidine groups is 1. The first-order valence-corrected chi connectivity index (χ1v) is 11.0. The van der Waals surface area contributed by atoms with Crippen molar-refractivity contribution in [3.63, 3.8) is 0 Å². The van der Waals surface area contributed by atoms with Gasteiger partial charge in [-0.05, 0) is 39.1 Å². The second-order valence-corrected chi connectivity index (χ2v) is 8.48. The molecule has 1 atom stereocenters. The molecule has 0 spiro atoms. The predicted octanol–water partition coefficient (Wildman–Crippen LogP) is 2.46. The minimum atomic E-state index is -0.546. The van der Waals surface area contributed by atoms with Crippen LogP contribution in [0, 0.1) is 5.41 Å². The Kier molecular flexibility index (Phi) is 12.1. The summed E-state index contributed by atoms with van der Waals surface area (Å²) >= 11 is 1.78. The maximum atomic E-state index is 12.2. The van der Waals surface area contributed by atoms with Gasteiger partial charge in [-0.1, -0.05) is 6.07 Å². The van der Waals surface area contributed by atoms with Crippen LogP contribution in [0.2, 0.25) is 0 Å². The maximum Gasteiger partial charge on any atom is 0.227 e. The molecule has 0 radical (unpaired) electrons. The first kappa shape index (κ1) is 26.1. The molecule has 166 valence electrons. The lowest BCUT2D eigenvalue weighted by molar-refractivity contribution is -0.128. The number of carbonyl (C=O) groups is 1. The molecule has 29 heavy (non-hydrogen) atoms. The number of halogens is 1. The number of aliphatic imine (C=N–C) groups is 1. The Balaban J connectivity index is 0.00000420. The molecule has 2 rings (SSSR count). The minimum absolute atomic E-state index is 0. The van der Waals surface area contributed by atoms with Crippen molar-refractivity contribution in [2.45, 2.75) is 33.7 Å². The lowest BCUT2D eigenvalue weighted by Gasteiger charge is -2.34. The van der Waals surface area contributed by atoms with Gasteiger partial charge in [0.25, 0.3) is 0 Å². The third-order valence-corrected chi connectivity index (χ3v) is 5.72. The lowest BCUT2D eigenvalue weighted by Crippen LogP contribution is -2.46. The highest BCUT2D eigenvalue weighted by Crippen LogP contribution is 2.25. The standard InChI is InChI=1S/C20H35N5O2S.HI/c1-5-21-18(26)20(3,4)15-24-19(22-6-2)23-14-16(17-8-7-13-28-17)25-9-11-27-12-10-25;/h7-8,13,16H,5-6,9-12,14-15H2,1-4H3,(H,21,26)(H2,22,23,24);1H. The second-order valence-electron chi connectivity index (χ2n) is 7.50. The van der Waals surface area contributed by atoms with Crippen molar-refractivity contribution in [2.75, 3.05) is 52.5 Å². The third-order valence-electron chi connectivity index (χ3n) is 4.75. The van der Waals surface area contributed by atoms with Gasteiger partial charge >= 0.3 is 0 Å². The van der Waals surface area contributed by atoms with Gasteiger partial charge < -0.3 is 20.7 Å². The highest BCUT2D eigenvalue weighted by Gasteiger charge is 2.27. The lowest BCUT2D eigenvalue weighted by atomic mass is 9.92. The van der Waals surface area contributed by atoms with E-state index in [-0.39, 0.29) is 35.9 Å². The molecular formula is C20H36IN5O2S. The number of amides is 1. The molecule has 3 N–H and O–H groups in total. The van der Waals surface area contributed by atoms with Crippen LogP contribution in [0.5, 0.6) is 0 Å². The van der Waals surface area contributed by atoms with Crippen molar-refractivity contribution >= 4 is 47.2 Å². The number of nitrogens with one attached hydrogen (secondary N) is 3. The summed E-state index contributed by atoms with van der Waals surface area (Å²) < 4.78 is 5.52. The molecular weight excluding hydrogens is 501 g/mol.